The van der Waals surface area contributed by atoms with E-state index < -0.39 is 0 Å². The van der Waals surface area contributed by atoms with Crippen LogP contribution in [0.25, 0.3) is 0 Å². The van der Waals surface area contributed by atoms with Crippen molar-refractivity contribution in [3.05, 3.63) is 48.7 Å². The quantitative estimate of drug-likeness (QED) is 0.821. The summed E-state index contributed by atoms with van der Waals surface area (Å²) in [6, 6.07) is 13.8. The number of carbonyl (C=O) groups is 1. The van der Waals surface area contributed by atoms with E-state index in [1.165, 1.54) is 4.90 Å². The lowest BCUT2D eigenvalue weighted by molar-refractivity contribution is -0.105. The number of hydrogen-bond donors (Lipinski definition) is 1. The number of rotatable bonds is 4. The van der Waals surface area contributed by atoms with Crippen molar-refractivity contribution in [1.82, 2.24) is 4.98 Å². The Labute approximate surface area is 97.9 Å². The first-order valence-electron chi connectivity index (χ1n) is 4.77. The second kappa shape index (κ2) is 5.32. The molecule has 1 N–H and O–H groups in total. The fourth-order valence-electron chi connectivity index (χ4n) is 1.21. The third-order valence-corrected chi connectivity index (χ3v) is 2.91. The van der Waals surface area contributed by atoms with Crippen LogP contribution in [0.4, 0.5) is 5.82 Å². The van der Waals surface area contributed by atoms with Gasteiger partial charge in [0.2, 0.25) is 6.41 Å². The number of carbonyl (C=O) groups excluding carboxylic acids is 1. The molecular weight excluding hydrogens is 220 g/mol. The third kappa shape index (κ3) is 2.84. The van der Waals surface area contributed by atoms with Crippen LogP contribution < -0.4 is 5.32 Å². The van der Waals surface area contributed by atoms with Crippen molar-refractivity contribution in [3.63, 3.8) is 0 Å². The molecule has 1 amide bonds. The number of aromatic nitrogens is 1. The predicted molar refractivity (Wildman–Crippen MR) is 64.5 cm³/mol. The molecule has 4 heteroatoms. The Balaban J connectivity index is 2.08. The van der Waals surface area contributed by atoms with Gasteiger partial charge in [-0.25, -0.2) is 4.98 Å². The van der Waals surface area contributed by atoms with Crippen LogP contribution in [0.5, 0.6) is 0 Å². The molecule has 16 heavy (non-hydrogen) atoms. The Kier molecular flexibility index (Phi) is 3.56. The maximum atomic E-state index is 10.2. The molecule has 0 fully saturated rings. The van der Waals surface area contributed by atoms with Crippen LogP contribution in [0.15, 0.2) is 58.5 Å². The van der Waals surface area contributed by atoms with Gasteiger partial charge in [0.1, 0.15) is 5.82 Å². The molecule has 3 nitrogen and oxygen atoms in total. The van der Waals surface area contributed by atoms with Gasteiger partial charge in [-0.2, -0.15) is 0 Å². The van der Waals surface area contributed by atoms with Crippen molar-refractivity contribution in [3.8, 4) is 0 Å². The van der Waals surface area contributed by atoms with Crippen LogP contribution in [0.2, 0.25) is 0 Å². The smallest absolute Gasteiger partial charge is 0.212 e. The second-order valence-electron chi connectivity index (χ2n) is 3.06. The van der Waals surface area contributed by atoms with Gasteiger partial charge in [-0.15, -0.1) is 0 Å². The molecule has 1 aromatic heterocycles. The van der Waals surface area contributed by atoms with E-state index in [1.807, 2.05) is 36.4 Å². The standard InChI is InChI=1S/C12H10N2OS/c15-9-14-12-7-6-11(8-13-12)16-10-4-2-1-3-5-10/h1-9H,(H,13,14,15). The summed E-state index contributed by atoms with van der Waals surface area (Å²) < 4.78 is 0. The van der Waals surface area contributed by atoms with Crippen molar-refractivity contribution in [2.45, 2.75) is 9.79 Å². The highest BCUT2D eigenvalue weighted by molar-refractivity contribution is 7.99. The lowest BCUT2D eigenvalue weighted by atomic mass is 10.4. The van der Waals surface area contributed by atoms with Gasteiger partial charge in [0, 0.05) is 16.0 Å². The first-order chi connectivity index (χ1) is 7.88. The molecule has 0 unspecified atom stereocenters. The number of pyridine rings is 1. The van der Waals surface area contributed by atoms with Gasteiger partial charge in [0.05, 0.1) is 0 Å². The average Bonchev–Trinajstić information content (AvgIpc) is 2.33. The summed E-state index contributed by atoms with van der Waals surface area (Å²) in [5, 5.41) is 2.50. The first kappa shape index (κ1) is 10.7. The molecule has 0 aliphatic heterocycles. The lowest BCUT2D eigenvalue weighted by Gasteiger charge is -2.02. The van der Waals surface area contributed by atoms with Crippen LogP contribution in [0.3, 0.4) is 0 Å². The molecule has 0 spiro atoms. The van der Waals surface area contributed by atoms with Crippen LogP contribution in [0.1, 0.15) is 0 Å². The van der Waals surface area contributed by atoms with Gasteiger partial charge in [0.25, 0.3) is 0 Å². The molecule has 0 bridgehead atoms. The fraction of sp³-hybridized carbons (Fsp3) is 0. The Morgan fingerprint density at radius 2 is 1.88 bits per heavy atom. The number of benzene rings is 1. The Morgan fingerprint density at radius 1 is 1.06 bits per heavy atom. The van der Waals surface area contributed by atoms with E-state index in [2.05, 4.69) is 10.3 Å². The van der Waals surface area contributed by atoms with Gasteiger partial charge in [-0.05, 0) is 24.3 Å². The fourth-order valence-corrected chi connectivity index (χ4v) is 2.02. The van der Waals surface area contributed by atoms with Crippen LogP contribution in [-0.2, 0) is 4.79 Å². The highest BCUT2D eigenvalue weighted by atomic mass is 32.2. The van der Waals surface area contributed by atoms with E-state index in [1.54, 1.807) is 24.0 Å². The number of amides is 1. The molecule has 1 aromatic carbocycles. The molecule has 2 rings (SSSR count). The minimum absolute atomic E-state index is 0.562. The van der Waals surface area contributed by atoms with Gasteiger partial charge in [-0.3, -0.25) is 4.79 Å². The Bertz CT molecular complexity index is 456. The normalized spacial score (nSPS) is 9.75. The van der Waals surface area contributed by atoms with Crippen molar-refractivity contribution < 1.29 is 4.79 Å². The molecule has 0 saturated heterocycles. The Hall–Kier alpha value is -1.81. The molecule has 0 aliphatic rings. The molecule has 0 radical (unpaired) electrons. The molecule has 0 saturated carbocycles. The van der Waals surface area contributed by atoms with Gasteiger partial charge in [0.15, 0.2) is 0 Å². The zero-order valence-electron chi connectivity index (χ0n) is 8.46. The SMILES string of the molecule is O=CNc1ccc(Sc2ccccc2)cn1. The number of anilines is 1. The highest BCUT2D eigenvalue weighted by Crippen LogP contribution is 2.26. The maximum absolute atomic E-state index is 10.2. The summed E-state index contributed by atoms with van der Waals surface area (Å²) >= 11 is 1.64. The average molecular weight is 230 g/mol. The summed E-state index contributed by atoms with van der Waals surface area (Å²) in [5.41, 5.74) is 0. The lowest BCUT2D eigenvalue weighted by Crippen LogP contribution is -1.95. The zero-order chi connectivity index (χ0) is 11.2. The van der Waals surface area contributed by atoms with Gasteiger partial charge >= 0.3 is 0 Å². The number of nitrogens with one attached hydrogen (secondary N) is 1. The molecule has 0 atom stereocenters. The van der Waals surface area contributed by atoms with E-state index in [0.717, 1.165) is 4.90 Å². The predicted octanol–water partition coefficient (Wildman–Crippen LogP) is 2.80. The van der Waals surface area contributed by atoms with E-state index in [9.17, 15) is 4.79 Å². The van der Waals surface area contributed by atoms with E-state index in [4.69, 9.17) is 0 Å². The van der Waals surface area contributed by atoms with Crippen molar-refractivity contribution in [2.24, 2.45) is 0 Å². The maximum Gasteiger partial charge on any atom is 0.212 e. The van der Waals surface area contributed by atoms with Crippen LogP contribution in [-0.4, -0.2) is 11.4 Å². The zero-order valence-corrected chi connectivity index (χ0v) is 9.28. The van der Waals surface area contributed by atoms with Gasteiger partial charge in [-0.1, -0.05) is 30.0 Å². The molecular formula is C12H10N2OS. The van der Waals surface area contributed by atoms with E-state index in [0.29, 0.717) is 12.2 Å². The first-order valence-corrected chi connectivity index (χ1v) is 5.59. The minimum Gasteiger partial charge on any atom is -0.313 e. The van der Waals surface area contributed by atoms with Crippen molar-refractivity contribution >= 4 is 24.0 Å². The van der Waals surface area contributed by atoms with E-state index >= 15 is 0 Å². The molecule has 2 aromatic rings. The molecule has 80 valence electrons. The monoisotopic (exact) mass is 230 g/mol. The van der Waals surface area contributed by atoms with E-state index in [-0.39, 0.29) is 0 Å². The highest BCUT2D eigenvalue weighted by Gasteiger charge is 1.97. The molecule has 0 aliphatic carbocycles. The van der Waals surface area contributed by atoms with Crippen molar-refractivity contribution in [2.75, 3.05) is 5.32 Å². The third-order valence-electron chi connectivity index (χ3n) is 1.92. The van der Waals surface area contributed by atoms with Crippen LogP contribution in [0, 0.1) is 0 Å². The largest absolute Gasteiger partial charge is 0.313 e. The summed E-state index contributed by atoms with van der Waals surface area (Å²) in [7, 11) is 0. The second-order valence-corrected chi connectivity index (χ2v) is 4.20. The minimum atomic E-state index is 0.562. The number of nitrogens with zero attached hydrogens (tertiary/aromatic N) is 1. The Morgan fingerprint density at radius 3 is 2.50 bits per heavy atom. The summed E-state index contributed by atoms with van der Waals surface area (Å²) in [6.07, 6.45) is 2.36. The van der Waals surface area contributed by atoms with Gasteiger partial charge < -0.3 is 5.32 Å². The summed E-state index contributed by atoms with van der Waals surface area (Å²) in [5.74, 6) is 0.562. The van der Waals surface area contributed by atoms with Crippen LogP contribution >= 0.6 is 11.8 Å². The molecule has 1 heterocycles. The summed E-state index contributed by atoms with van der Waals surface area (Å²) in [6.45, 7) is 0. The van der Waals surface area contributed by atoms with Crippen molar-refractivity contribution in [1.29, 1.82) is 0 Å². The number of hydrogen-bond acceptors (Lipinski definition) is 3. The topological polar surface area (TPSA) is 42.0 Å². The summed E-state index contributed by atoms with van der Waals surface area (Å²) in [4.78, 5) is 16.5.